The van der Waals surface area contributed by atoms with Crippen LogP contribution in [0.15, 0.2) is 41.1 Å². The van der Waals surface area contributed by atoms with E-state index in [0.717, 1.165) is 16.5 Å². The summed E-state index contributed by atoms with van der Waals surface area (Å²) in [7, 11) is 0. The van der Waals surface area contributed by atoms with Gasteiger partial charge in [-0.1, -0.05) is 23.4 Å². The molecule has 8 nitrogen and oxygen atoms in total. The average Bonchev–Trinajstić information content (AvgIpc) is 3.21. The van der Waals surface area contributed by atoms with Gasteiger partial charge in [0, 0.05) is 42.6 Å². The van der Waals surface area contributed by atoms with Gasteiger partial charge in [0.25, 0.3) is 5.91 Å². The van der Waals surface area contributed by atoms with Gasteiger partial charge in [-0.25, -0.2) is 5.48 Å². The molecule has 0 aliphatic rings. The quantitative estimate of drug-likeness (QED) is 0.400. The number of amides is 2. The van der Waals surface area contributed by atoms with Crippen LogP contribution in [0.4, 0.5) is 0 Å². The van der Waals surface area contributed by atoms with Gasteiger partial charge in [-0.15, -0.1) is 0 Å². The minimum atomic E-state index is -0.747. The lowest BCUT2D eigenvalue weighted by Crippen LogP contribution is -2.36. The highest BCUT2D eigenvalue weighted by Crippen LogP contribution is 2.20. The first-order valence-electron chi connectivity index (χ1n) is 7.79. The number of carbonyl (C=O) groups is 2. The van der Waals surface area contributed by atoms with Gasteiger partial charge >= 0.3 is 0 Å². The summed E-state index contributed by atoms with van der Waals surface area (Å²) in [6.45, 7) is 1.45. The number of hydroxylamine groups is 1. The zero-order valence-electron chi connectivity index (χ0n) is 13.6. The number of benzene rings is 1. The highest BCUT2D eigenvalue weighted by atomic mass is 16.5. The third-order valence-electron chi connectivity index (χ3n) is 3.89. The molecule has 0 bridgehead atoms. The Morgan fingerprint density at radius 1 is 1.32 bits per heavy atom. The van der Waals surface area contributed by atoms with Crippen molar-refractivity contribution in [3.63, 3.8) is 0 Å². The van der Waals surface area contributed by atoms with E-state index >= 15 is 0 Å². The van der Waals surface area contributed by atoms with E-state index in [1.807, 2.05) is 30.5 Å². The lowest BCUT2D eigenvalue weighted by molar-refractivity contribution is -0.119. The standard InChI is InChI=1S/C17H18N4O4/c1-10(22)19-12(7-13-8-16(21-25-13)17(23)20-24)6-11-9-18-15-5-3-2-4-14(11)15/h2-5,8-9,12,18,24H,6-7H2,1H3,(H,19,22)(H,20,23). The summed E-state index contributed by atoms with van der Waals surface area (Å²) in [5, 5.41) is 16.2. The molecule has 0 fully saturated rings. The number of aromatic amines is 1. The molecule has 25 heavy (non-hydrogen) atoms. The van der Waals surface area contributed by atoms with Gasteiger partial charge in [-0.3, -0.25) is 14.8 Å². The fraction of sp³-hybridized carbons (Fsp3) is 0.235. The number of nitrogens with one attached hydrogen (secondary N) is 3. The second-order valence-electron chi connectivity index (χ2n) is 5.78. The topological polar surface area (TPSA) is 120 Å². The molecule has 130 valence electrons. The summed E-state index contributed by atoms with van der Waals surface area (Å²) in [4.78, 5) is 26.1. The number of H-pyrrole nitrogens is 1. The van der Waals surface area contributed by atoms with Crippen LogP contribution in [0.1, 0.15) is 28.7 Å². The van der Waals surface area contributed by atoms with Crippen molar-refractivity contribution in [2.45, 2.75) is 25.8 Å². The number of fused-ring (bicyclic) bond motifs is 1. The molecule has 0 saturated carbocycles. The van der Waals surface area contributed by atoms with Gasteiger partial charge in [0.05, 0.1) is 0 Å². The Balaban J connectivity index is 1.79. The summed E-state index contributed by atoms with van der Waals surface area (Å²) in [6.07, 6.45) is 2.88. The molecule has 3 rings (SSSR count). The second kappa shape index (κ2) is 7.18. The Kier molecular flexibility index (Phi) is 4.80. The van der Waals surface area contributed by atoms with E-state index in [1.165, 1.54) is 18.5 Å². The number of hydrogen-bond donors (Lipinski definition) is 4. The minimum Gasteiger partial charge on any atom is -0.361 e. The monoisotopic (exact) mass is 342 g/mol. The van der Waals surface area contributed by atoms with Crippen LogP contribution >= 0.6 is 0 Å². The first-order valence-corrected chi connectivity index (χ1v) is 7.79. The second-order valence-corrected chi connectivity index (χ2v) is 5.78. The van der Waals surface area contributed by atoms with Crippen LogP contribution in [0.3, 0.4) is 0 Å². The van der Waals surface area contributed by atoms with E-state index in [2.05, 4.69) is 15.5 Å². The normalized spacial score (nSPS) is 12.1. The van der Waals surface area contributed by atoms with E-state index in [0.29, 0.717) is 18.6 Å². The van der Waals surface area contributed by atoms with Crippen molar-refractivity contribution >= 4 is 22.7 Å². The first kappa shape index (κ1) is 16.7. The summed E-state index contributed by atoms with van der Waals surface area (Å²) in [5.41, 5.74) is 3.58. The molecule has 0 saturated heterocycles. The molecule has 0 radical (unpaired) electrons. The molecule has 1 atom stereocenters. The van der Waals surface area contributed by atoms with Gasteiger partial charge in [-0.05, 0) is 18.1 Å². The molecular formula is C17H18N4O4. The van der Waals surface area contributed by atoms with E-state index in [1.54, 1.807) is 0 Å². The van der Waals surface area contributed by atoms with Crippen LogP contribution < -0.4 is 10.8 Å². The van der Waals surface area contributed by atoms with Crippen molar-refractivity contribution in [3.8, 4) is 0 Å². The molecule has 8 heteroatoms. The van der Waals surface area contributed by atoms with Crippen LogP contribution in [0.25, 0.3) is 10.9 Å². The third kappa shape index (κ3) is 3.86. The smallest absolute Gasteiger partial charge is 0.296 e. The SMILES string of the molecule is CC(=O)NC(Cc1cc(C(=O)NO)no1)Cc1c[nH]c2ccccc12. The Labute approximate surface area is 143 Å². The van der Waals surface area contributed by atoms with Crippen LogP contribution in [0.5, 0.6) is 0 Å². The largest absolute Gasteiger partial charge is 0.361 e. The van der Waals surface area contributed by atoms with E-state index < -0.39 is 5.91 Å². The molecule has 1 aromatic carbocycles. The number of carbonyl (C=O) groups excluding carboxylic acids is 2. The van der Waals surface area contributed by atoms with Gasteiger partial charge in [0.1, 0.15) is 5.76 Å². The third-order valence-corrected chi connectivity index (χ3v) is 3.89. The Morgan fingerprint density at radius 3 is 2.88 bits per heavy atom. The van der Waals surface area contributed by atoms with Crippen LogP contribution in [0, 0.1) is 0 Å². The molecule has 0 spiro atoms. The number of nitrogens with zero attached hydrogens (tertiary/aromatic N) is 1. The molecule has 2 aromatic heterocycles. The molecule has 2 amide bonds. The lowest BCUT2D eigenvalue weighted by atomic mass is 10.0. The molecule has 4 N–H and O–H groups in total. The molecule has 0 aliphatic carbocycles. The molecule has 3 aromatic rings. The summed E-state index contributed by atoms with van der Waals surface area (Å²) in [6, 6.07) is 9.14. The molecular weight excluding hydrogens is 324 g/mol. The van der Waals surface area contributed by atoms with E-state index in [-0.39, 0.29) is 17.6 Å². The zero-order valence-corrected chi connectivity index (χ0v) is 13.6. The van der Waals surface area contributed by atoms with Crippen molar-refractivity contribution in [3.05, 3.63) is 53.5 Å². The van der Waals surface area contributed by atoms with Crippen molar-refractivity contribution < 1.29 is 19.3 Å². The van der Waals surface area contributed by atoms with Gasteiger partial charge in [-0.2, -0.15) is 0 Å². The maximum atomic E-state index is 11.5. The Morgan fingerprint density at radius 2 is 2.12 bits per heavy atom. The van der Waals surface area contributed by atoms with Crippen LogP contribution in [-0.4, -0.2) is 33.2 Å². The van der Waals surface area contributed by atoms with E-state index in [9.17, 15) is 9.59 Å². The fourth-order valence-electron chi connectivity index (χ4n) is 2.84. The minimum absolute atomic E-state index is 0.0221. The van der Waals surface area contributed by atoms with Crippen molar-refractivity contribution in [2.24, 2.45) is 0 Å². The van der Waals surface area contributed by atoms with Crippen LogP contribution in [0.2, 0.25) is 0 Å². The number of hydrogen-bond acceptors (Lipinski definition) is 5. The van der Waals surface area contributed by atoms with Crippen molar-refractivity contribution in [1.82, 2.24) is 20.9 Å². The van der Waals surface area contributed by atoms with E-state index in [4.69, 9.17) is 9.73 Å². The average molecular weight is 342 g/mol. The summed E-state index contributed by atoms with van der Waals surface area (Å²) < 4.78 is 5.13. The Hall–Kier alpha value is -3.13. The van der Waals surface area contributed by atoms with Gasteiger partial charge < -0.3 is 14.8 Å². The number of aromatic nitrogens is 2. The fourth-order valence-corrected chi connectivity index (χ4v) is 2.84. The maximum Gasteiger partial charge on any atom is 0.296 e. The summed E-state index contributed by atoms with van der Waals surface area (Å²) >= 11 is 0. The maximum absolute atomic E-state index is 11.5. The molecule has 2 heterocycles. The Bertz CT molecular complexity index is 899. The van der Waals surface area contributed by atoms with Gasteiger partial charge in [0.15, 0.2) is 5.69 Å². The highest BCUT2D eigenvalue weighted by Gasteiger charge is 2.18. The predicted molar refractivity (Wildman–Crippen MR) is 89.1 cm³/mol. The van der Waals surface area contributed by atoms with Crippen molar-refractivity contribution in [2.75, 3.05) is 0 Å². The predicted octanol–water partition coefficient (Wildman–Crippen LogP) is 1.56. The molecule has 1 unspecified atom stereocenters. The van der Waals surface area contributed by atoms with Crippen molar-refractivity contribution in [1.29, 1.82) is 0 Å². The van der Waals surface area contributed by atoms with Gasteiger partial charge in [0.2, 0.25) is 5.91 Å². The number of para-hydroxylation sites is 1. The first-order chi connectivity index (χ1) is 12.1. The molecule has 0 aliphatic heterocycles. The highest BCUT2D eigenvalue weighted by molar-refractivity contribution is 5.91. The summed E-state index contributed by atoms with van der Waals surface area (Å²) in [5.74, 6) is -0.461. The van der Waals surface area contributed by atoms with Crippen LogP contribution in [-0.2, 0) is 17.6 Å². The zero-order chi connectivity index (χ0) is 17.8. The lowest BCUT2D eigenvalue weighted by Gasteiger charge is -2.16. The number of rotatable bonds is 6.